The van der Waals surface area contributed by atoms with E-state index in [2.05, 4.69) is 12.6 Å². The number of piperidine rings is 1. The Morgan fingerprint density at radius 1 is 1.46 bits per heavy atom. The first-order chi connectivity index (χ1) is 11.4. The molecule has 0 aromatic heterocycles. The fourth-order valence-electron chi connectivity index (χ4n) is 2.91. The highest BCUT2D eigenvalue weighted by Gasteiger charge is 2.35. The van der Waals surface area contributed by atoms with Gasteiger partial charge in [-0.1, -0.05) is 35.9 Å². The molecule has 1 heterocycles. The van der Waals surface area contributed by atoms with Crippen molar-refractivity contribution in [1.29, 1.82) is 0 Å². The number of hydrogen-bond donors (Lipinski definition) is 2. The van der Waals surface area contributed by atoms with Crippen LogP contribution < -0.4 is 0 Å². The number of carboxylic acids is 1. The summed E-state index contributed by atoms with van der Waals surface area (Å²) < 4.78 is 4.96. The van der Waals surface area contributed by atoms with Crippen LogP contribution in [-0.2, 0) is 14.3 Å². The largest absolute Gasteiger partial charge is 0.478 e. The van der Waals surface area contributed by atoms with E-state index in [0.29, 0.717) is 23.7 Å². The number of hydrogen-bond acceptors (Lipinski definition) is 5. The van der Waals surface area contributed by atoms with Crippen LogP contribution in [0.5, 0.6) is 0 Å². The van der Waals surface area contributed by atoms with Crippen LogP contribution >= 0.6 is 24.2 Å². The number of aliphatic carboxylic acids is 1. The molecule has 0 aliphatic carbocycles. The number of likely N-dealkylation sites (tertiary alicyclic amines) is 1. The Hall–Kier alpha value is -1.50. The Kier molecular flexibility index (Phi) is 6.71. The SMILES string of the molecule is COC(=O)[C@H](c1ccccc1Cl)N1CCC(S)C(/C=C/C(=O)O)C1. The van der Waals surface area contributed by atoms with Crippen LogP contribution in [0.4, 0.5) is 0 Å². The quantitative estimate of drug-likeness (QED) is 0.474. The molecule has 0 amide bonds. The molecule has 130 valence electrons. The number of methoxy groups -OCH3 is 1. The highest BCUT2D eigenvalue weighted by atomic mass is 35.5. The van der Waals surface area contributed by atoms with Crippen LogP contribution in [0.2, 0.25) is 5.02 Å². The van der Waals surface area contributed by atoms with E-state index < -0.39 is 12.0 Å². The smallest absolute Gasteiger partial charge is 0.327 e. The number of ether oxygens (including phenoxy) is 1. The maximum absolute atomic E-state index is 12.4. The minimum Gasteiger partial charge on any atom is -0.478 e. The second-order valence-electron chi connectivity index (χ2n) is 5.66. The predicted octanol–water partition coefficient (Wildman–Crippen LogP) is 2.82. The second kappa shape index (κ2) is 8.55. The number of thiol groups is 1. The van der Waals surface area contributed by atoms with Crippen molar-refractivity contribution >= 4 is 36.2 Å². The zero-order valence-electron chi connectivity index (χ0n) is 13.3. The maximum Gasteiger partial charge on any atom is 0.327 e. The predicted molar refractivity (Wildman–Crippen MR) is 95.4 cm³/mol. The van der Waals surface area contributed by atoms with Crippen LogP contribution in [-0.4, -0.2) is 47.4 Å². The van der Waals surface area contributed by atoms with Gasteiger partial charge in [0.15, 0.2) is 0 Å². The van der Waals surface area contributed by atoms with Gasteiger partial charge in [0, 0.05) is 35.4 Å². The van der Waals surface area contributed by atoms with E-state index in [4.69, 9.17) is 21.4 Å². The molecule has 0 spiro atoms. The highest BCUT2D eigenvalue weighted by Crippen LogP contribution is 2.33. The molecule has 24 heavy (non-hydrogen) atoms. The Balaban J connectivity index is 2.28. The fourth-order valence-corrected chi connectivity index (χ4v) is 3.45. The van der Waals surface area contributed by atoms with Crippen molar-refractivity contribution in [3.8, 4) is 0 Å². The number of halogens is 1. The molecule has 1 saturated heterocycles. The normalized spacial score (nSPS) is 23.1. The van der Waals surface area contributed by atoms with E-state index in [0.717, 1.165) is 12.5 Å². The van der Waals surface area contributed by atoms with Gasteiger partial charge in [-0.25, -0.2) is 9.59 Å². The minimum absolute atomic E-state index is 0.0430. The number of carboxylic acid groups (broad SMARTS) is 1. The minimum atomic E-state index is -0.997. The third-order valence-corrected chi connectivity index (χ3v) is 5.11. The zero-order valence-corrected chi connectivity index (χ0v) is 14.9. The molecule has 1 fully saturated rings. The molecule has 5 nitrogen and oxygen atoms in total. The summed E-state index contributed by atoms with van der Waals surface area (Å²) in [5.41, 5.74) is 0.685. The molecule has 1 N–H and O–H groups in total. The first-order valence-electron chi connectivity index (χ1n) is 7.59. The number of rotatable bonds is 5. The molecule has 1 aliphatic heterocycles. The molecule has 1 aliphatic rings. The number of carbonyl (C=O) groups is 2. The standard InChI is InChI=1S/C17H20ClNO4S/c1-23-17(22)16(12-4-2-3-5-13(12)18)19-9-8-14(24)11(10-19)6-7-15(20)21/h2-7,11,14,16,24H,8-10H2,1H3,(H,20,21)/b7-6+/t11?,14?,16-/m0/s1. The highest BCUT2D eigenvalue weighted by molar-refractivity contribution is 7.81. The van der Waals surface area contributed by atoms with Gasteiger partial charge in [0.05, 0.1) is 7.11 Å². The van der Waals surface area contributed by atoms with Crippen molar-refractivity contribution in [2.75, 3.05) is 20.2 Å². The summed E-state index contributed by atoms with van der Waals surface area (Å²) >= 11 is 10.8. The summed E-state index contributed by atoms with van der Waals surface area (Å²) in [7, 11) is 1.35. The van der Waals surface area contributed by atoms with E-state index in [1.807, 2.05) is 11.0 Å². The van der Waals surface area contributed by atoms with Gasteiger partial charge in [-0.15, -0.1) is 0 Å². The van der Waals surface area contributed by atoms with Crippen molar-refractivity contribution in [2.24, 2.45) is 5.92 Å². The lowest BCUT2D eigenvalue weighted by Crippen LogP contribution is -2.45. The first kappa shape index (κ1) is 18.8. The van der Waals surface area contributed by atoms with Crippen molar-refractivity contribution < 1.29 is 19.4 Å². The molecule has 7 heteroatoms. The Bertz CT molecular complexity index is 637. The lowest BCUT2D eigenvalue weighted by molar-refractivity contribution is -0.148. The Morgan fingerprint density at radius 3 is 2.79 bits per heavy atom. The summed E-state index contributed by atoms with van der Waals surface area (Å²) in [5, 5.41) is 9.37. The van der Waals surface area contributed by atoms with Crippen LogP contribution in [0.1, 0.15) is 18.0 Å². The molecule has 1 aromatic rings. The van der Waals surface area contributed by atoms with Gasteiger partial charge in [0.25, 0.3) is 0 Å². The van der Waals surface area contributed by atoms with Gasteiger partial charge < -0.3 is 9.84 Å². The van der Waals surface area contributed by atoms with Gasteiger partial charge in [0.2, 0.25) is 0 Å². The van der Waals surface area contributed by atoms with E-state index >= 15 is 0 Å². The molecule has 0 saturated carbocycles. The van der Waals surface area contributed by atoms with Crippen LogP contribution in [0.25, 0.3) is 0 Å². The van der Waals surface area contributed by atoms with E-state index in [9.17, 15) is 9.59 Å². The maximum atomic E-state index is 12.4. The monoisotopic (exact) mass is 369 g/mol. The summed E-state index contributed by atoms with van der Waals surface area (Å²) in [5.74, 6) is -1.46. The zero-order chi connectivity index (χ0) is 17.7. The number of benzene rings is 1. The molecule has 3 atom stereocenters. The van der Waals surface area contributed by atoms with Crippen LogP contribution in [0.15, 0.2) is 36.4 Å². The van der Waals surface area contributed by atoms with Gasteiger partial charge in [-0.05, 0) is 18.1 Å². The summed E-state index contributed by atoms with van der Waals surface area (Å²) in [6, 6.07) is 6.55. The topological polar surface area (TPSA) is 66.8 Å². The van der Waals surface area contributed by atoms with Crippen molar-refractivity contribution in [3.63, 3.8) is 0 Å². The third-order valence-electron chi connectivity index (χ3n) is 4.13. The number of nitrogens with zero attached hydrogens (tertiary/aromatic N) is 1. The van der Waals surface area contributed by atoms with Crippen molar-refractivity contribution in [1.82, 2.24) is 4.90 Å². The average Bonchev–Trinajstić information content (AvgIpc) is 2.56. The van der Waals surface area contributed by atoms with E-state index in [1.165, 1.54) is 7.11 Å². The summed E-state index contributed by atoms with van der Waals surface area (Å²) in [6.45, 7) is 1.15. The number of esters is 1. The van der Waals surface area contributed by atoms with Gasteiger partial charge in [0.1, 0.15) is 6.04 Å². The fraction of sp³-hybridized carbons (Fsp3) is 0.412. The third kappa shape index (κ3) is 4.53. The molecule has 2 unspecified atom stereocenters. The molecule has 1 aromatic carbocycles. The lowest BCUT2D eigenvalue weighted by atomic mass is 9.93. The van der Waals surface area contributed by atoms with E-state index in [1.54, 1.807) is 24.3 Å². The van der Waals surface area contributed by atoms with Crippen molar-refractivity contribution in [2.45, 2.75) is 17.7 Å². The summed E-state index contributed by atoms with van der Waals surface area (Å²) in [6.07, 6.45) is 3.49. The van der Waals surface area contributed by atoms with Gasteiger partial charge in [-0.2, -0.15) is 12.6 Å². The lowest BCUT2D eigenvalue weighted by Gasteiger charge is -2.39. The van der Waals surface area contributed by atoms with E-state index in [-0.39, 0.29) is 17.1 Å². The van der Waals surface area contributed by atoms with Crippen LogP contribution in [0.3, 0.4) is 0 Å². The second-order valence-corrected chi connectivity index (χ2v) is 6.73. The number of carbonyl (C=O) groups excluding carboxylic acids is 1. The van der Waals surface area contributed by atoms with Crippen molar-refractivity contribution in [3.05, 3.63) is 47.0 Å². The Morgan fingerprint density at radius 2 is 2.17 bits per heavy atom. The molecule has 0 radical (unpaired) electrons. The van der Waals surface area contributed by atoms with Crippen LogP contribution in [0, 0.1) is 5.92 Å². The summed E-state index contributed by atoms with van der Waals surface area (Å²) in [4.78, 5) is 25.1. The molecule has 2 rings (SSSR count). The van der Waals surface area contributed by atoms with Gasteiger partial charge >= 0.3 is 11.9 Å². The molecule has 0 bridgehead atoms. The molecular formula is C17H20ClNO4S. The average molecular weight is 370 g/mol. The van der Waals surface area contributed by atoms with Gasteiger partial charge in [-0.3, -0.25) is 4.90 Å². The first-order valence-corrected chi connectivity index (χ1v) is 8.49. The molecular weight excluding hydrogens is 350 g/mol. The Labute approximate surface area is 151 Å².